The number of urea groups is 1. The maximum Gasteiger partial charge on any atom is 0.322 e. The zero-order valence-electron chi connectivity index (χ0n) is 15.3. The lowest BCUT2D eigenvalue weighted by Crippen LogP contribution is -2.44. The van der Waals surface area contributed by atoms with Gasteiger partial charge in [-0.15, -0.1) is 0 Å². The Morgan fingerprint density at radius 1 is 1.04 bits per heavy atom. The molecule has 4 nitrogen and oxygen atoms in total. The van der Waals surface area contributed by atoms with Crippen LogP contribution in [0.15, 0.2) is 66.9 Å². The zero-order chi connectivity index (χ0) is 19.1. The maximum atomic E-state index is 14.1. The fourth-order valence-corrected chi connectivity index (χ4v) is 4.52. The van der Waals surface area contributed by atoms with E-state index in [1.165, 1.54) is 6.20 Å². The molecule has 1 N–H and O–H groups in total. The molecule has 28 heavy (non-hydrogen) atoms. The fraction of sp³-hybridized carbons (Fsp3) is 0.217. The van der Waals surface area contributed by atoms with Crippen molar-refractivity contribution < 1.29 is 9.18 Å². The van der Waals surface area contributed by atoms with Gasteiger partial charge in [0, 0.05) is 23.5 Å². The van der Waals surface area contributed by atoms with Gasteiger partial charge in [-0.3, -0.25) is 0 Å². The monoisotopic (exact) mass is 373 g/mol. The van der Waals surface area contributed by atoms with Crippen molar-refractivity contribution in [3.05, 3.63) is 83.9 Å². The fourth-order valence-electron chi connectivity index (χ4n) is 4.52. The average molecular weight is 373 g/mol. The SMILES string of the molecule is O=C(Nc1cccc(-c2ccccc2)c1)N1[C@H]2CC[C@@H]1c1ccnc(F)c1C2. The highest BCUT2D eigenvalue weighted by atomic mass is 19.1. The number of carbonyl (C=O) groups excluding carboxylic acids is 1. The molecule has 2 amide bonds. The van der Waals surface area contributed by atoms with Gasteiger partial charge in [0.15, 0.2) is 0 Å². The number of hydrogen-bond donors (Lipinski definition) is 1. The van der Waals surface area contributed by atoms with Crippen LogP contribution < -0.4 is 5.32 Å². The van der Waals surface area contributed by atoms with Crippen molar-refractivity contribution in [2.45, 2.75) is 31.3 Å². The number of anilines is 1. The van der Waals surface area contributed by atoms with E-state index in [1.807, 2.05) is 65.6 Å². The second kappa shape index (κ2) is 6.75. The molecule has 0 spiro atoms. The van der Waals surface area contributed by atoms with Gasteiger partial charge < -0.3 is 10.2 Å². The molecule has 2 aromatic carbocycles. The van der Waals surface area contributed by atoms with Crippen LogP contribution in [0.1, 0.15) is 30.0 Å². The predicted octanol–water partition coefficient (Wildman–Crippen LogP) is 5.18. The van der Waals surface area contributed by atoms with E-state index >= 15 is 0 Å². The van der Waals surface area contributed by atoms with Crippen LogP contribution in [0.3, 0.4) is 0 Å². The van der Waals surface area contributed by atoms with E-state index in [2.05, 4.69) is 10.3 Å². The Morgan fingerprint density at radius 2 is 1.86 bits per heavy atom. The van der Waals surface area contributed by atoms with Crippen LogP contribution >= 0.6 is 0 Å². The smallest absolute Gasteiger partial charge is 0.314 e. The van der Waals surface area contributed by atoms with E-state index in [1.54, 1.807) is 0 Å². The summed E-state index contributed by atoms with van der Waals surface area (Å²) in [4.78, 5) is 18.7. The maximum absolute atomic E-state index is 14.1. The van der Waals surface area contributed by atoms with Gasteiger partial charge in [0.25, 0.3) is 0 Å². The number of carbonyl (C=O) groups is 1. The van der Waals surface area contributed by atoms with Crippen molar-refractivity contribution in [1.29, 1.82) is 0 Å². The molecule has 2 bridgehead atoms. The summed E-state index contributed by atoms with van der Waals surface area (Å²) in [6.45, 7) is 0. The number of rotatable bonds is 2. The van der Waals surface area contributed by atoms with Gasteiger partial charge in [0.05, 0.1) is 6.04 Å². The van der Waals surface area contributed by atoms with Crippen LogP contribution in [-0.4, -0.2) is 22.0 Å². The molecule has 1 saturated heterocycles. The van der Waals surface area contributed by atoms with Crippen molar-refractivity contribution in [3.8, 4) is 11.1 Å². The first-order valence-electron chi connectivity index (χ1n) is 9.59. The first kappa shape index (κ1) is 16.9. The van der Waals surface area contributed by atoms with Gasteiger partial charge in [-0.25, -0.2) is 9.78 Å². The van der Waals surface area contributed by atoms with Crippen LogP contribution in [0.2, 0.25) is 0 Å². The molecule has 1 fully saturated rings. The highest BCUT2D eigenvalue weighted by molar-refractivity contribution is 5.91. The first-order chi connectivity index (χ1) is 13.7. The number of fused-ring (bicyclic) bond motifs is 4. The van der Waals surface area contributed by atoms with E-state index < -0.39 is 5.95 Å². The highest BCUT2D eigenvalue weighted by Crippen LogP contribution is 2.44. The molecule has 2 aliphatic heterocycles. The molecule has 1 aromatic heterocycles. The van der Waals surface area contributed by atoms with E-state index in [0.29, 0.717) is 12.0 Å². The molecule has 3 heterocycles. The summed E-state index contributed by atoms with van der Waals surface area (Å²) in [6.07, 6.45) is 3.77. The number of halogens is 1. The second-order valence-electron chi connectivity index (χ2n) is 7.40. The summed E-state index contributed by atoms with van der Waals surface area (Å²) in [5, 5.41) is 3.05. The molecule has 2 aliphatic rings. The van der Waals surface area contributed by atoms with Gasteiger partial charge >= 0.3 is 6.03 Å². The molecule has 0 unspecified atom stereocenters. The van der Waals surface area contributed by atoms with E-state index in [0.717, 1.165) is 35.2 Å². The number of benzene rings is 2. The lowest BCUT2D eigenvalue weighted by molar-refractivity contribution is 0.178. The molecule has 0 radical (unpaired) electrons. The van der Waals surface area contributed by atoms with Crippen molar-refractivity contribution >= 4 is 11.7 Å². The predicted molar refractivity (Wildman–Crippen MR) is 106 cm³/mol. The lowest BCUT2D eigenvalue weighted by atomic mass is 9.95. The largest absolute Gasteiger partial charge is 0.322 e. The summed E-state index contributed by atoms with van der Waals surface area (Å²) in [7, 11) is 0. The average Bonchev–Trinajstić information content (AvgIpc) is 3.05. The third-order valence-electron chi connectivity index (χ3n) is 5.80. The van der Waals surface area contributed by atoms with Gasteiger partial charge in [-0.05, 0) is 54.2 Å². The minimum absolute atomic E-state index is 0.0218. The van der Waals surface area contributed by atoms with Gasteiger partial charge in [-0.2, -0.15) is 4.39 Å². The summed E-state index contributed by atoms with van der Waals surface area (Å²) in [5.41, 5.74) is 4.49. The number of hydrogen-bond acceptors (Lipinski definition) is 2. The van der Waals surface area contributed by atoms with E-state index in [4.69, 9.17) is 0 Å². The molecular formula is C23H20FN3O. The quantitative estimate of drug-likeness (QED) is 0.629. The molecule has 5 rings (SSSR count). The number of pyridine rings is 1. The molecular weight excluding hydrogens is 353 g/mol. The number of nitrogens with one attached hydrogen (secondary N) is 1. The van der Waals surface area contributed by atoms with Crippen molar-refractivity contribution in [3.63, 3.8) is 0 Å². The highest BCUT2D eigenvalue weighted by Gasteiger charge is 2.43. The normalized spacial score (nSPS) is 20.0. The molecule has 3 aromatic rings. The van der Waals surface area contributed by atoms with Gasteiger partial charge in [0.1, 0.15) is 0 Å². The molecule has 0 saturated carbocycles. The van der Waals surface area contributed by atoms with E-state index in [-0.39, 0.29) is 18.1 Å². The van der Waals surface area contributed by atoms with Crippen LogP contribution in [0.5, 0.6) is 0 Å². The third-order valence-corrected chi connectivity index (χ3v) is 5.80. The van der Waals surface area contributed by atoms with Crippen molar-refractivity contribution in [2.24, 2.45) is 0 Å². The van der Waals surface area contributed by atoms with Crippen molar-refractivity contribution in [1.82, 2.24) is 9.88 Å². The Morgan fingerprint density at radius 3 is 2.71 bits per heavy atom. The second-order valence-corrected chi connectivity index (χ2v) is 7.40. The third kappa shape index (κ3) is 2.83. The van der Waals surface area contributed by atoms with Gasteiger partial charge in [0.2, 0.25) is 5.95 Å². The summed E-state index contributed by atoms with van der Waals surface area (Å²) >= 11 is 0. The van der Waals surface area contributed by atoms with Crippen LogP contribution in [0.4, 0.5) is 14.9 Å². The molecule has 140 valence electrons. The Labute approximate surface area is 163 Å². The number of aromatic nitrogens is 1. The summed E-state index contributed by atoms with van der Waals surface area (Å²) in [6, 6.07) is 19.6. The number of nitrogens with zero attached hydrogens (tertiary/aromatic N) is 2. The molecule has 0 aliphatic carbocycles. The summed E-state index contributed by atoms with van der Waals surface area (Å²) < 4.78 is 14.1. The number of amides is 2. The Balaban J connectivity index is 1.40. The molecule has 2 atom stereocenters. The summed E-state index contributed by atoms with van der Waals surface area (Å²) in [5.74, 6) is -0.398. The first-order valence-corrected chi connectivity index (χ1v) is 9.59. The Bertz CT molecular complexity index is 1040. The lowest BCUT2D eigenvalue weighted by Gasteiger charge is -2.36. The Hall–Kier alpha value is -3.21. The molecule has 5 heteroatoms. The Kier molecular flexibility index (Phi) is 4.08. The van der Waals surface area contributed by atoms with Crippen molar-refractivity contribution in [2.75, 3.05) is 5.32 Å². The van der Waals surface area contributed by atoms with E-state index in [9.17, 15) is 9.18 Å². The van der Waals surface area contributed by atoms with Gasteiger partial charge in [-0.1, -0.05) is 42.5 Å². The zero-order valence-corrected chi connectivity index (χ0v) is 15.3. The minimum Gasteiger partial charge on any atom is -0.314 e. The standard InChI is InChI=1S/C23H20FN3O/c24-22-20-14-18-9-10-21(19(20)11-12-25-22)27(18)23(28)26-17-8-4-7-16(13-17)15-5-2-1-3-6-15/h1-8,11-13,18,21H,9-10,14H2,(H,26,28)/t18-,21+/m0/s1. The van der Waals surface area contributed by atoms with Crippen LogP contribution in [0.25, 0.3) is 11.1 Å². The topological polar surface area (TPSA) is 45.2 Å². The minimum atomic E-state index is -0.398. The van der Waals surface area contributed by atoms with Crippen LogP contribution in [-0.2, 0) is 6.42 Å². The van der Waals surface area contributed by atoms with Crippen LogP contribution in [0, 0.1) is 5.95 Å².